The summed E-state index contributed by atoms with van der Waals surface area (Å²) in [5, 5.41) is 0. The third-order valence-electron chi connectivity index (χ3n) is 3.33. The van der Waals surface area contributed by atoms with Gasteiger partial charge >= 0.3 is 5.97 Å². The normalized spacial score (nSPS) is 10.0. The third kappa shape index (κ3) is 4.03. The van der Waals surface area contributed by atoms with E-state index in [1.165, 1.54) is 26.2 Å². The molecule has 0 fully saturated rings. The van der Waals surface area contributed by atoms with Crippen molar-refractivity contribution < 1.29 is 23.9 Å². The second-order valence-corrected chi connectivity index (χ2v) is 4.90. The van der Waals surface area contributed by atoms with E-state index in [1.54, 1.807) is 30.3 Å². The number of rotatable bonds is 6. The van der Waals surface area contributed by atoms with Gasteiger partial charge in [-0.25, -0.2) is 4.79 Å². The van der Waals surface area contributed by atoms with Crippen molar-refractivity contribution in [2.45, 2.75) is 13.5 Å². The number of Topliss-reactive ketones (excluding diaryl/α,β-unsaturated/α-hetero) is 1. The molecule has 0 bridgehead atoms. The van der Waals surface area contributed by atoms with E-state index in [2.05, 4.69) is 0 Å². The lowest BCUT2D eigenvalue weighted by Gasteiger charge is -2.10. The Morgan fingerprint density at radius 3 is 2.26 bits per heavy atom. The standard InChI is InChI=1S/C18H16O5/c1-12(20)15-7-8-17(22-2)16(9-15)11-23-18(21)14-5-3-13(10-19)4-6-14/h3-10H,11H2,1-2H3. The summed E-state index contributed by atoms with van der Waals surface area (Å²) in [7, 11) is 1.51. The monoisotopic (exact) mass is 312 g/mol. The topological polar surface area (TPSA) is 69.7 Å². The minimum Gasteiger partial charge on any atom is -0.496 e. The number of esters is 1. The molecule has 5 nitrogen and oxygen atoms in total. The zero-order valence-corrected chi connectivity index (χ0v) is 12.9. The molecular formula is C18H16O5. The molecule has 2 aromatic carbocycles. The molecule has 2 aromatic rings. The van der Waals surface area contributed by atoms with E-state index < -0.39 is 5.97 Å². The van der Waals surface area contributed by atoms with Crippen molar-refractivity contribution in [2.24, 2.45) is 0 Å². The lowest BCUT2D eigenvalue weighted by molar-refractivity contribution is 0.0470. The maximum Gasteiger partial charge on any atom is 0.338 e. The predicted molar refractivity (Wildman–Crippen MR) is 83.9 cm³/mol. The minimum absolute atomic E-state index is 0.0153. The van der Waals surface area contributed by atoms with E-state index in [0.29, 0.717) is 34.3 Å². The number of ether oxygens (including phenoxy) is 2. The zero-order chi connectivity index (χ0) is 16.8. The summed E-state index contributed by atoms with van der Waals surface area (Å²) in [6.07, 6.45) is 0.702. The number of carbonyl (C=O) groups is 3. The quantitative estimate of drug-likeness (QED) is 0.466. The van der Waals surface area contributed by atoms with Crippen molar-refractivity contribution in [1.82, 2.24) is 0 Å². The van der Waals surface area contributed by atoms with Crippen molar-refractivity contribution >= 4 is 18.0 Å². The van der Waals surface area contributed by atoms with Gasteiger partial charge in [0.05, 0.1) is 12.7 Å². The second-order valence-electron chi connectivity index (χ2n) is 4.90. The van der Waals surface area contributed by atoms with Crippen LogP contribution in [0.5, 0.6) is 5.75 Å². The number of carbonyl (C=O) groups excluding carboxylic acids is 3. The summed E-state index contributed by atoms with van der Waals surface area (Å²) in [6, 6.07) is 11.1. The van der Waals surface area contributed by atoms with Crippen molar-refractivity contribution in [3.63, 3.8) is 0 Å². The Morgan fingerprint density at radius 1 is 1.04 bits per heavy atom. The SMILES string of the molecule is COc1ccc(C(C)=O)cc1COC(=O)c1ccc(C=O)cc1. The van der Waals surface area contributed by atoms with Gasteiger partial charge in [0, 0.05) is 16.7 Å². The molecule has 0 aliphatic heterocycles. The molecule has 2 rings (SSSR count). The minimum atomic E-state index is -0.516. The highest BCUT2D eigenvalue weighted by molar-refractivity contribution is 5.94. The van der Waals surface area contributed by atoms with Crippen LogP contribution in [0.2, 0.25) is 0 Å². The van der Waals surface area contributed by atoms with Crippen LogP contribution in [0.3, 0.4) is 0 Å². The average Bonchev–Trinajstić information content (AvgIpc) is 2.59. The van der Waals surface area contributed by atoms with E-state index in [9.17, 15) is 14.4 Å². The molecule has 0 saturated heterocycles. The van der Waals surface area contributed by atoms with Gasteiger partial charge in [0.2, 0.25) is 0 Å². The fraction of sp³-hybridized carbons (Fsp3) is 0.167. The van der Waals surface area contributed by atoms with Gasteiger partial charge in [-0.05, 0) is 37.3 Å². The first-order valence-corrected chi connectivity index (χ1v) is 6.95. The Morgan fingerprint density at radius 2 is 1.70 bits per heavy atom. The highest BCUT2D eigenvalue weighted by Gasteiger charge is 2.11. The highest BCUT2D eigenvalue weighted by Crippen LogP contribution is 2.21. The van der Waals surface area contributed by atoms with Gasteiger partial charge in [0.25, 0.3) is 0 Å². The number of hydrogen-bond acceptors (Lipinski definition) is 5. The first-order valence-electron chi connectivity index (χ1n) is 6.95. The van der Waals surface area contributed by atoms with Crippen LogP contribution in [0.4, 0.5) is 0 Å². The zero-order valence-electron chi connectivity index (χ0n) is 12.9. The van der Waals surface area contributed by atoms with Crippen molar-refractivity contribution in [3.05, 3.63) is 64.7 Å². The number of ketones is 1. The Labute approximate surface area is 133 Å². The lowest BCUT2D eigenvalue weighted by atomic mass is 10.1. The average molecular weight is 312 g/mol. The van der Waals surface area contributed by atoms with Gasteiger partial charge in [0.1, 0.15) is 18.6 Å². The van der Waals surface area contributed by atoms with Gasteiger partial charge in [-0.2, -0.15) is 0 Å². The van der Waals surface area contributed by atoms with Gasteiger partial charge in [0.15, 0.2) is 5.78 Å². The van der Waals surface area contributed by atoms with Gasteiger partial charge < -0.3 is 9.47 Å². The van der Waals surface area contributed by atoms with E-state index >= 15 is 0 Å². The lowest BCUT2D eigenvalue weighted by Crippen LogP contribution is -2.07. The van der Waals surface area contributed by atoms with Gasteiger partial charge in [-0.1, -0.05) is 12.1 Å². The molecule has 0 amide bonds. The van der Waals surface area contributed by atoms with Crippen molar-refractivity contribution in [1.29, 1.82) is 0 Å². The molecule has 0 saturated carbocycles. The molecule has 23 heavy (non-hydrogen) atoms. The Kier molecular flexibility index (Phi) is 5.25. The number of methoxy groups -OCH3 is 1. The van der Waals surface area contributed by atoms with Crippen molar-refractivity contribution in [3.8, 4) is 5.75 Å². The van der Waals surface area contributed by atoms with E-state index in [4.69, 9.17) is 9.47 Å². The molecule has 118 valence electrons. The predicted octanol–water partition coefficient (Wildman–Crippen LogP) is 3.07. The van der Waals surface area contributed by atoms with Crippen molar-refractivity contribution in [2.75, 3.05) is 7.11 Å². The summed E-state index contributed by atoms with van der Waals surface area (Å²) in [5.41, 5.74) is 1.96. The van der Waals surface area contributed by atoms with Crippen LogP contribution in [0.25, 0.3) is 0 Å². The summed E-state index contributed by atoms with van der Waals surface area (Å²) >= 11 is 0. The first-order chi connectivity index (χ1) is 11.0. The fourth-order valence-electron chi connectivity index (χ4n) is 2.03. The molecule has 0 spiro atoms. The molecule has 5 heteroatoms. The molecule has 0 heterocycles. The molecule has 0 atom stereocenters. The molecule has 0 N–H and O–H groups in total. The number of hydrogen-bond donors (Lipinski definition) is 0. The molecule has 0 aliphatic rings. The molecule has 0 aliphatic carbocycles. The van der Waals surface area contributed by atoms with Gasteiger partial charge in [-0.15, -0.1) is 0 Å². The van der Waals surface area contributed by atoms with E-state index in [-0.39, 0.29) is 12.4 Å². The molecule has 0 unspecified atom stereocenters. The summed E-state index contributed by atoms with van der Waals surface area (Å²) < 4.78 is 10.5. The second kappa shape index (κ2) is 7.35. The Bertz CT molecular complexity index is 732. The molecular weight excluding hydrogens is 296 g/mol. The molecule has 0 radical (unpaired) electrons. The Balaban J connectivity index is 2.12. The summed E-state index contributed by atoms with van der Waals surface area (Å²) in [5.74, 6) is -0.0542. The molecule has 0 aromatic heterocycles. The van der Waals surface area contributed by atoms with Crippen LogP contribution in [0.1, 0.15) is 43.6 Å². The fourth-order valence-corrected chi connectivity index (χ4v) is 2.03. The summed E-state index contributed by atoms with van der Waals surface area (Å²) in [4.78, 5) is 34.1. The van der Waals surface area contributed by atoms with Crippen LogP contribution in [-0.2, 0) is 11.3 Å². The largest absolute Gasteiger partial charge is 0.496 e. The smallest absolute Gasteiger partial charge is 0.338 e. The maximum absolute atomic E-state index is 12.0. The van der Waals surface area contributed by atoms with E-state index in [1.807, 2.05) is 0 Å². The number of aldehydes is 1. The first kappa shape index (κ1) is 16.4. The van der Waals surface area contributed by atoms with Crippen LogP contribution < -0.4 is 4.74 Å². The van der Waals surface area contributed by atoms with Crippen LogP contribution in [0.15, 0.2) is 42.5 Å². The van der Waals surface area contributed by atoms with Crippen LogP contribution in [0, 0.1) is 0 Å². The maximum atomic E-state index is 12.0. The Hall–Kier alpha value is -2.95. The van der Waals surface area contributed by atoms with Crippen LogP contribution >= 0.6 is 0 Å². The van der Waals surface area contributed by atoms with Crippen LogP contribution in [-0.4, -0.2) is 25.1 Å². The summed E-state index contributed by atoms with van der Waals surface area (Å²) in [6.45, 7) is 1.45. The highest BCUT2D eigenvalue weighted by atomic mass is 16.5. The number of benzene rings is 2. The van der Waals surface area contributed by atoms with E-state index in [0.717, 1.165) is 0 Å². The third-order valence-corrected chi connectivity index (χ3v) is 3.33. The van der Waals surface area contributed by atoms with Gasteiger partial charge in [-0.3, -0.25) is 9.59 Å².